The van der Waals surface area contributed by atoms with E-state index in [1.165, 1.54) is 0 Å². The molecule has 0 amide bonds. The van der Waals surface area contributed by atoms with E-state index >= 15 is 0 Å². The van der Waals surface area contributed by atoms with Crippen molar-refractivity contribution in [2.75, 3.05) is 6.79 Å². The normalized spacial score (nSPS) is 14.2. The molecule has 0 aliphatic carbocycles. The molecule has 1 heterocycles. The molecule has 1 aliphatic rings. The second-order valence-electron chi connectivity index (χ2n) is 3.24. The number of rotatable bonds is 3. The topological polar surface area (TPSA) is 44.5 Å². The minimum absolute atomic E-state index is 0. The zero-order chi connectivity index (χ0) is 9.97. The van der Waals surface area contributed by atoms with Crippen molar-refractivity contribution in [1.82, 2.24) is 0 Å². The molecule has 2 N–H and O–H groups in total. The third kappa shape index (κ3) is 2.43. The molecule has 1 atom stereocenters. The lowest BCUT2D eigenvalue weighted by molar-refractivity contribution is 0.174. The molecule has 0 saturated heterocycles. The van der Waals surface area contributed by atoms with Crippen molar-refractivity contribution in [1.29, 1.82) is 0 Å². The summed E-state index contributed by atoms with van der Waals surface area (Å²) in [5.41, 5.74) is 6.98. The largest absolute Gasteiger partial charge is 0.454 e. The molecule has 0 aromatic heterocycles. The summed E-state index contributed by atoms with van der Waals surface area (Å²) in [6.07, 6.45) is 2.58. The Labute approximate surface area is 95.3 Å². The van der Waals surface area contributed by atoms with E-state index in [0.717, 1.165) is 23.5 Å². The lowest BCUT2D eigenvalue weighted by atomic mass is 10.0. The number of ether oxygens (including phenoxy) is 2. The molecule has 0 spiro atoms. The van der Waals surface area contributed by atoms with Crippen molar-refractivity contribution in [2.45, 2.75) is 12.5 Å². The second-order valence-corrected chi connectivity index (χ2v) is 3.24. The van der Waals surface area contributed by atoms with Gasteiger partial charge in [0.2, 0.25) is 6.79 Å². The standard InChI is InChI=1S/C11H13NO2.ClH/c1-2-3-9(12)8-4-5-10-11(6-8)14-7-13-10;/h2,4-6,9H,1,3,7,12H2;1H/t9-;/m0./s1. The highest BCUT2D eigenvalue weighted by Gasteiger charge is 2.15. The third-order valence-electron chi connectivity index (χ3n) is 2.25. The number of hydrogen-bond donors (Lipinski definition) is 1. The Balaban J connectivity index is 0.00000112. The average molecular weight is 228 g/mol. The highest BCUT2D eigenvalue weighted by atomic mass is 35.5. The van der Waals surface area contributed by atoms with Gasteiger partial charge in [-0.25, -0.2) is 0 Å². The Morgan fingerprint density at radius 2 is 2.13 bits per heavy atom. The molecule has 1 aromatic rings. The summed E-state index contributed by atoms with van der Waals surface area (Å²) in [5.74, 6) is 1.57. The van der Waals surface area contributed by atoms with Gasteiger partial charge in [0.05, 0.1) is 0 Å². The van der Waals surface area contributed by atoms with E-state index in [1.807, 2.05) is 24.3 Å². The average Bonchev–Trinajstić information content (AvgIpc) is 2.64. The van der Waals surface area contributed by atoms with E-state index in [2.05, 4.69) is 6.58 Å². The van der Waals surface area contributed by atoms with Crippen LogP contribution < -0.4 is 15.2 Å². The third-order valence-corrected chi connectivity index (χ3v) is 2.25. The predicted octanol–water partition coefficient (Wildman–Crippen LogP) is 2.41. The van der Waals surface area contributed by atoms with Gasteiger partial charge in [-0.15, -0.1) is 19.0 Å². The monoisotopic (exact) mass is 227 g/mol. The van der Waals surface area contributed by atoms with Crippen LogP contribution in [0, 0.1) is 0 Å². The van der Waals surface area contributed by atoms with Crippen molar-refractivity contribution in [3.8, 4) is 11.5 Å². The van der Waals surface area contributed by atoms with E-state index in [-0.39, 0.29) is 18.4 Å². The molecule has 1 aliphatic heterocycles. The van der Waals surface area contributed by atoms with Crippen molar-refractivity contribution in [3.05, 3.63) is 36.4 Å². The summed E-state index contributed by atoms with van der Waals surface area (Å²) < 4.78 is 10.5. The van der Waals surface area contributed by atoms with Crippen LogP contribution in [0.2, 0.25) is 0 Å². The first-order chi connectivity index (χ1) is 6.81. The summed E-state index contributed by atoms with van der Waals surface area (Å²) >= 11 is 0. The van der Waals surface area contributed by atoms with Crippen molar-refractivity contribution in [3.63, 3.8) is 0 Å². The fourth-order valence-corrected chi connectivity index (χ4v) is 1.46. The van der Waals surface area contributed by atoms with Crippen LogP contribution in [0.5, 0.6) is 11.5 Å². The number of hydrogen-bond acceptors (Lipinski definition) is 3. The number of halogens is 1. The first-order valence-electron chi connectivity index (χ1n) is 4.57. The Kier molecular flexibility index (Phi) is 4.00. The maximum Gasteiger partial charge on any atom is 0.231 e. The smallest absolute Gasteiger partial charge is 0.231 e. The van der Waals surface area contributed by atoms with Crippen LogP contribution in [0.15, 0.2) is 30.9 Å². The molecule has 2 rings (SSSR count). The van der Waals surface area contributed by atoms with Crippen LogP contribution in [0.4, 0.5) is 0 Å². The van der Waals surface area contributed by atoms with Gasteiger partial charge in [0.25, 0.3) is 0 Å². The minimum atomic E-state index is -0.0120. The molecular formula is C11H14ClNO2. The van der Waals surface area contributed by atoms with Crippen LogP contribution in [0.25, 0.3) is 0 Å². The van der Waals surface area contributed by atoms with Crippen LogP contribution in [0.3, 0.4) is 0 Å². The maximum atomic E-state index is 5.93. The van der Waals surface area contributed by atoms with Crippen molar-refractivity contribution < 1.29 is 9.47 Å². The molecule has 82 valence electrons. The predicted molar refractivity (Wildman–Crippen MR) is 61.6 cm³/mol. The van der Waals surface area contributed by atoms with Crippen molar-refractivity contribution in [2.24, 2.45) is 5.73 Å². The van der Waals surface area contributed by atoms with Gasteiger partial charge in [-0.3, -0.25) is 0 Å². The Morgan fingerprint density at radius 3 is 2.87 bits per heavy atom. The van der Waals surface area contributed by atoms with Gasteiger partial charge in [-0.1, -0.05) is 12.1 Å². The van der Waals surface area contributed by atoms with Crippen LogP contribution >= 0.6 is 12.4 Å². The van der Waals surface area contributed by atoms with Crippen LogP contribution in [-0.2, 0) is 0 Å². The molecule has 0 unspecified atom stereocenters. The summed E-state index contributed by atoms with van der Waals surface area (Å²) in [5, 5.41) is 0. The van der Waals surface area contributed by atoms with Crippen LogP contribution in [0.1, 0.15) is 18.0 Å². The number of nitrogens with two attached hydrogens (primary N) is 1. The summed E-state index contributed by atoms with van der Waals surface area (Å²) in [7, 11) is 0. The molecule has 1 aromatic carbocycles. The van der Waals surface area contributed by atoms with E-state index < -0.39 is 0 Å². The molecule has 0 saturated carbocycles. The highest BCUT2D eigenvalue weighted by molar-refractivity contribution is 5.85. The van der Waals surface area contributed by atoms with E-state index in [4.69, 9.17) is 15.2 Å². The van der Waals surface area contributed by atoms with Crippen LogP contribution in [-0.4, -0.2) is 6.79 Å². The molecule has 0 radical (unpaired) electrons. The van der Waals surface area contributed by atoms with E-state index in [0.29, 0.717) is 6.79 Å². The SMILES string of the molecule is C=CC[C@H](N)c1ccc2c(c1)OCO2.Cl. The van der Waals surface area contributed by atoms with Gasteiger partial charge in [-0.2, -0.15) is 0 Å². The maximum absolute atomic E-state index is 5.93. The lowest BCUT2D eigenvalue weighted by Gasteiger charge is -2.09. The lowest BCUT2D eigenvalue weighted by Crippen LogP contribution is -2.08. The fraction of sp³-hybridized carbons (Fsp3) is 0.273. The fourth-order valence-electron chi connectivity index (χ4n) is 1.46. The van der Waals surface area contributed by atoms with Gasteiger partial charge in [0.15, 0.2) is 11.5 Å². The molecule has 4 heteroatoms. The molecule has 3 nitrogen and oxygen atoms in total. The summed E-state index contributed by atoms with van der Waals surface area (Å²) in [6.45, 7) is 3.96. The first-order valence-corrected chi connectivity index (χ1v) is 4.57. The summed E-state index contributed by atoms with van der Waals surface area (Å²) in [4.78, 5) is 0. The Morgan fingerprint density at radius 1 is 1.40 bits per heavy atom. The van der Waals surface area contributed by atoms with Gasteiger partial charge >= 0.3 is 0 Å². The zero-order valence-electron chi connectivity index (χ0n) is 8.31. The van der Waals surface area contributed by atoms with Crippen molar-refractivity contribution >= 4 is 12.4 Å². The summed E-state index contributed by atoms with van der Waals surface area (Å²) in [6, 6.07) is 5.76. The molecule has 0 bridgehead atoms. The highest BCUT2D eigenvalue weighted by Crippen LogP contribution is 2.34. The first kappa shape index (κ1) is 11.9. The van der Waals surface area contributed by atoms with Gasteiger partial charge < -0.3 is 15.2 Å². The molecule has 15 heavy (non-hydrogen) atoms. The molecule has 0 fully saturated rings. The Hall–Kier alpha value is -1.19. The quantitative estimate of drug-likeness (QED) is 0.807. The number of fused-ring (bicyclic) bond motifs is 1. The van der Waals surface area contributed by atoms with E-state index in [9.17, 15) is 0 Å². The minimum Gasteiger partial charge on any atom is -0.454 e. The number of benzene rings is 1. The zero-order valence-corrected chi connectivity index (χ0v) is 9.13. The Bertz CT molecular complexity index is 354. The molecular weight excluding hydrogens is 214 g/mol. The second kappa shape index (κ2) is 5.05. The van der Waals surface area contributed by atoms with Gasteiger partial charge in [0.1, 0.15) is 0 Å². The van der Waals surface area contributed by atoms with Gasteiger partial charge in [-0.05, 0) is 24.1 Å². The van der Waals surface area contributed by atoms with Gasteiger partial charge in [0, 0.05) is 6.04 Å². The van der Waals surface area contributed by atoms with E-state index in [1.54, 1.807) is 0 Å².